The van der Waals surface area contributed by atoms with Crippen LogP contribution in [-0.4, -0.2) is 20.4 Å². The quantitative estimate of drug-likeness (QED) is 0.549. The summed E-state index contributed by atoms with van der Waals surface area (Å²) in [6, 6.07) is 15.4. The number of nitriles is 1. The Morgan fingerprint density at radius 3 is 2.52 bits per heavy atom. The van der Waals surface area contributed by atoms with Crippen molar-refractivity contribution in [1.29, 1.82) is 5.26 Å². The van der Waals surface area contributed by atoms with Gasteiger partial charge in [-0.3, -0.25) is 5.10 Å². The number of hydrogen-bond acceptors (Lipinski definition) is 5. The molecule has 3 N–H and O–H groups in total. The van der Waals surface area contributed by atoms with Crippen LogP contribution in [0.15, 0.2) is 48.7 Å². The maximum absolute atomic E-state index is 9.03. The van der Waals surface area contributed by atoms with Crippen molar-refractivity contribution < 1.29 is 0 Å². The van der Waals surface area contributed by atoms with Crippen LogP contribution in [0.4, 0.5) is 5.69 Å². The molecule has 0 saturated heterocycles. The Balaban J connectivity index is 2.01. The molecule has 6 nitrogen and oxygen atoms in total. The van der Waals surface area contributed by atoms with E-state index in [9.17, 15) is 0 Å². The van der Waals surface area contributed by atoms with Gasteiger partial charge in [0, 0.05) is 16.8 Å². The largest absolute Gasteiger partial charge is 0.398 e. The molecule has 4 aromatic rings. The summed E-state index contributed by atoms with van der Waals surface area (Å²) < 4.78 is 0. The van der Waals surface area contributed by atoms with E-state index in [2.05, 4.69) is 26.5 Å². The molecule has 0 aliphatic rings. The Labute approximate surface area is 143 Å². The summed E-state index contributed by atoms with van der Waals surface area (Å²) in [5, 5.41) is 25.5. The minimum absolute atomic E-state index is 0.607. The van der Waals surface area contributed by atoms with Gasteiger partial charge in [-0.1, -0.05) is 24.3 Å². The highest BCUT2D eigenvalue weighted by Gasteiger charge is 2.16. The van der Waals surface area contributed by atoms with Gasteiger partial charge in [0.1, 0.15) is 5.69 Å². The first-order chi connectivity index (χ1) is 12.2. The summed E-state index contributed by atoms with van der Waals surface area (Å²) in [6.07, 6.45) is 1.73. The third-order valence-electron chi connectivity index (χ3n) is 4.23. The zero-order valence-electron chi connectivity index (χ0n) is 13.5. The first-order valence-corrected chi connectivity index (χ1v) is 7.74. The molecule has 4 rings (SSSR count). The number of anilines is 1. The summed E-state index contributed by atoms with van der Waals surface area (Å²) in [5.74, 6) is 0. The number of fused-ring (bicyclic) bond motifs is 1. The standard InChI is InChI=1S/C19H14N6/c1-11-2-5-14(8-16(11)21)18-17(13-6-3-12(9-20)4-7-13)15-10-22-24-19(15)25-23-18/h2-8,10H,21H2,1H3,(H,22,24,25). The van der Waals surface area contributed by atoms with Crippen molar-refractivity contribution >= 4 is 16.7 Å². The van der Waals surface area contributed by atoms with Crippen LogP contribution in [-0.2, 0) is 0 Å². The highest BCUT2D eigenvalue weighted by molar-refractivity contribution is 5.99. The van der Waals surface area contributed by atoms with E-state index in [0.717, 1.165) is 33.3 Å². The van der Waals surface area contributed by atoms with Gasteiger partial charge in [-0.05, 0) is 36.2 Å². The Morgan fingerprint density at radius 2 is 1.80 bits per heavy atom. The van der Waals surface area contributed by atoms with Crippen molar-refractivity contribution in [3.63, 3.8) is 0 Å². The fourth-order valence-corrected chi connectivity index (χ4v) is 2.81. The minimum Gasteiger partial charge on any atom is -0.398 e. The second-order valence-corrected chi connectivity index (χ2v) is 5.82. The summed E-state index contributed by atoms with van der Waals surface area (Å²) in [4.78, 5) is 0. The third-order valence-corrected chi connectivity index (χ3v) is 4.23. The van der Waals surface area contributed by atoms with Crippen LogP contribution in [0.1, 0.15) is 11.1 Å². The molecule has 6 heteroatoms. The molecular weight excluding hydrogens is 312 g/mol. The molecule has 0 aliphatic carbocycles. The molecule has 25 heavy (non-hydrogen) atoms. The lowest BCUT2D eigenvalue weighted by Gasteiger charge is -2.11. The van der Waals surface area contributed by atoms with E-state index in [0.29, 0.717) is 16.9 Å². The van der Waals surface area contributed by atoms with Crippen LogP contribution >= 0.6 is 0 Å². The first kappa shape index (κ1) is 14.8. The maximum atomic E-state index is 9.03. The van der Waals surface area contributed by atoms with Crippen molar-refractivity contribution in [1.82, 2.24) is 20.4 Å². The van der Waals surface area contributed by atoms with Gasteiger partial charge in [0.05, 0.1) is 23.2 Å². The summed E-state index contributed by atoms with van der Waals surface area (Å²) in [6.45, 7) is 1.96. The van der Waals surface area contributed by atoms with Gasteiger partial charge in [-0.25, -0.2) is 0 Å². The highest BCUT2D eigenvalue weighted by Crippen LogP contribution is 2.36. The van der Waals surface area contributed by atoms with Crippen LogP contribution in [0, 0.1) is 18.3 Å². The third kappa shape index (κ3) is 2.48. The summed E-state index contributed by atoms with van der Waals surface area (Å²) in [5.41, 5.74) is 12.5. The molecule has 0 radical (unpaired) electrons. The molecule has 0 amide bonds. The van der Waals surface area contributed by atoms with Crippen LogP contribution in [0.2, 0.25) is 0 Å². The Hall–Kier alpha value is -3.72. The Bertz CT molecular complexity index is 1120. The van der Waals surface area contributed by atoms with Crippen LogP contribution in [0.5, 0.6) is 0 Å². The Kier molecular flexibility index (Phi) is 3.40. The average Bonchev–Trinajstić information content (AvgIpc) is 3.12. The topological polar surface area (TPSA) is 104 Å². The number of aromatic amines is 1. The van der Waals surface area contributed by atoms with Crippen LogP contribution in [0.25, 0.3) is 33.4 Å². The number of nitrogens with two attached hydrogens (primary N) is 1. The highest BCUT2D eigenvalue weighted by atomic mass is 15.2. The van der Waals surface area contributed by atoms with Crippen molar-refractivity contribution in [2.75, 3.05) is 5.73 Å². The van der Waals surface area contributed by atoms with Gasteiger partial charge in [0.25, 0.3) is 0 Å². The van der Waals surface area contributed by atoms with Gasteiger partial charge in [0.15, 0.2) is 5.65 Å². The molecular formula is C19H14N6. The molecule has 2 aromatic carbocycles. The smallest absolute Gasteiger partial charge is 0.178 e. The van der Waals surface area contributed by atoms with Crippen molar-refractivity contribution in [2.24, 2.45) is 0 Å². The molecule has 0 fully saturated rings. The van der Waals surface area contributed by atoms with Gasteiger partial charge in [-0.2, -0.15) is 10.4 Å². The number of nitrogens with one attached hydrogen (secondary N) is 1. The number of nitrogens with zero attached hydrogens (tertiary/aromatic N) is 4. The van der Waals surface area contributed by atoms with Gasteiger partial charge >= 0.3 is 0 Å². The van der Waals surface area contributed by atoms with E-state index in [1.165, 1.54) is 0 Å². The number of rotatable bonds is 2. The minimum atomic E-state index is 0.607. The van der Waals surface area contributed by atoms with E-state index < -0.39 is 0 Å². The molecule has 2 heterocycles. The monoisotopic (exact) mass is 326 g/mol. The molecule has 120 valence electrons. The van der Waals surface area contributed by atoms with Gasteiger partial charge in [-0.15, -0.1) is 10.2 Å². The fourth-order valence-electron chi connectivity index (χ4n) is 2.81. The molecule has 0 bridgehead atoms. The molecule has 2 aromatic heterocycles. The molecule has 0 aliphatic heterocycles. The average molecular weight is 326 g/mol. The zero-order chi connectivity index (χ0) is 17.4. The van der Waals surface area contributed by atoms with E-state index in [1.54, 1.807) is 18.3 Å². The fraction of sp³-hybridized carbons (Fsp3) is 0.0526. The first-order valence-electron chi connectivity index (χ1n) is 7.74. The zero-order valence-corrected chi connectivity index (χ0v) is 13.5. The SMILES string of the molecule is Cc1ccc(-c2nnc3[nH]ncc3c2-c2ccc(C#N)cc2)cc1N. The molecule has 0 saturated carbocycles. The second-order valence-electron chi connectivity index (χ2n) is 5.82. The van der Waals surface area contributed by atoms with Gasteiger partial charge < -0.3 is 5.73 Å². The maximum Gasteiger partial charge on any atom is 0.178 e. The van der Waals surface area contributed by atoms with Crippen molar-refractivity contribution in [2.45, 2.75) is 6.92 Å². The van der Waals surface area contributed by atoms with Crippen molar-refractivity contribution in [3.8, 4) is 28.5 Å². The number of benzene rings is 2. The van der Waals surface area contributed by atoms with E-state index in [1.807, 2.05) is 37.3 Å². The molecule has 0 spiro atoms. The Morgan fingerprint density at radius 1 is 1.04 bits per heavy atom. The van der Waals surface area contributed by atoms with E-state index in [4.69, 9.17) is 11.0 Å². The number of aromatic nitrogens is 4. The number of aryl methyl sites for hydroxylation is 1. The predicted octanol–water partition coefficient (Wildman–Crippen LogP) is 3.45. The van der Waals surface area contributed by atoms with Crippen LogP contribution < -0.4 is 5.73 Å². The van der Waals surface area contributed by atoms with E-state index >= 15 is 0 Å². The summed E-state index contributed by atoms with van der Waals surface area (Å²) >= 11 is 0. The predicted molar refractivity (Wildman–Crippen MR) is 96.4 cm³/mol. The lowest BCUT2D eigenvalue weighted by atomic mass is 9.96. The van der Waals surface area contributed by atoms with Crippen molar-refractivity contribution in [3.05, 3.63) is 59.8 Å². The van der Waals surface area contributed by atoms with Gasteiger partial charge in [0.2, 0.25) is 0 Å². The lowest BCUT2D eigenvalue weighted by Crippen LogP contribution is -1.96. The molecule has 0 unspecified atom stereocenters. The molecule has 0 atom stereocenters. The summed E-state index contributed by atoms with van der Waals surface area (Å²) in [7, 11) is 0. The number of H-pyrrole nitrogens is 1. The number of nitrogen functional groups attached to an aromatic ring is 1. The lowest BCUT2D eigenvalue weighted by molar-refractivity contribution is 1.03. The number of hydrogen-bond donors (Lipinski definition) is 2. The second kappa shape index (κ2) is 5.73. The normalized spacial score (nSPS) is 10.7. The van der Waals surface area contributed by atoms with E-state index in [-0.39, 0.29) is 0 Å². The van der Waals surface area contributed by atoms with Crippen LogP contribution in [0.3, 0.4) is 0 Å².